The smallest absolute Gasteiger partial charge is 0.255 e. The van der Waals surface area contributed by atoms with Gasteiger partial charge in [0.15, 0.2) is 0 Å². The van der Waals surface area contributed by atoms with Crippen LogP contribution in [0, 0.1) is 0 Å². The topological polar surface area (TPSA) is 50.8 Å². The first-order valence-electron chi connectivity index (χ1n) is 7.40. The maximum atomic E-state index is 12.2. The molecule has 0 unspecified atom stereocenters. The van der Waals surface area contributed by atoms with Crippen LogP contribution in [0.2, 0.25) is 0 Å². The van der Waals surface area contributed by atoms with Gasteiger partial charge in [-0.2, -0.15) is 0 Å². The van der Waals surface area contributed by atoms with Crippen LogP contribution in [0.15, 0.2) is 48.5 Å². The molecule has 2 aromatic carbocycles. The second-order valence-corrected chi connectivity index (χ2v) is 5.26. The van der Waals surface area contributed by atoms with Crippen molar-refractivity contribution >= 4 is 17.3 Å². The number of methoxy groups -OCH3 is 1. The van der Waals surface area contributed by atoms with E-state index in [0.717, 1.165) is 17.1 Å². The Morgan fingerprint density at radius 3 is 2.22 bits per heavy atom. The molecular weight excluding hydrogens is 292 g/mol. The summed E-state index contributed by atoms with van der Waals surface area (Å²) in [6, 6.07) is 14.7. The molecule has 5 heteroatoms. The van der Waals surface area contributed by atoms with Gasteiger partial charge in [0, 0.05) is 38.1 Å². The number of nitrogens with zero attached hydrogens (tertiary/aromatic N) is 1. The first kappa shape index (κ1) is 16.8. The molecule has 0 aliphatic heterocycles. The number of nitrogens with one attached hydrogen (secondary N) is 1. The number of hydrogen-bond donors (Lipinski definition) is 1. The minimum absolute atomic E-state index is 0.136. The third kappa shape index (κ3) is 5.00. The van der Waals surface area contributed by atoms with E-state index < -0.39 is 0 Å². The molecule has 0 atom stereocenters. The molecule has 0 heterocycles. The third-order valence-corrected chi connectivity index (χ3v) is 3.31. The Morgan fingerprint density at radius 1 is 1.00 bits per heavy atom. The molecule has 1 amide bonds. The molecule has 0 spiro atoms. The fourth-order valence-corrected chi connectivity index (χ4v) is 1.99. The lowest BCUT2D eigenvalue weighted by Crippen LogP contribution is -2.13. The standard InChI is InChI=1S/C18H22N2O3/c1-20(2)16-8-4-14(5-9-16)18(21)19-15-6-10-17(11-7-15)23-13-12-22-3/h4-11H,12-13H2,1-3H3,(H,19,21). The van der Waals surface area contributed by atoms with Crippen molar-refractivity contribution in [3.05, 3.63) is 54.1 Å². The summed E-state index contributed by atoms with van der Waals surface area (Å²) in [6.07, 6.45) is 0. The Bertz CT molecular complexity index is 622. The Hall–Kier alpha value is -2.53. The SMILES string of the molecule is COCCOc1ccc(NC(=O)c2ccc(N(C)C)cc2)cc1. The highest BCUT2D eigenvalue weighted by molar-refractivity contribution is 6.04. The van der Waals surface area contributed by atoms with Crippen molar-refractivity contribution in [1.82, 2.24) is 0 Å². The number of benzene rings is 2. The average molecular weight is 314 g/mol. The normalized spacial score (nSPS) is 10.2. The van der Waals surface area contributed by atoms with Crippen LogP contribution < -0.4 is 15.0 Å². The number of anilines is 2. The number of carbonyl (C=O) groups is 1. The van der Waals surface area contributed by atoms with Crippen LogP contribution >= 0.6 is 0 Å². The molecule has 0 aliphatic carbocycles. The van der Waals surface area contributed by atoms with Crippen molar-refractivity contribution in [3.8, 4) is 5.75 Å². The van der Waals surface area contributed by atoms with Crippen LogP contribution in [-0.2, 0) is 4.74 Å². The van der Waals surface area contributed by atoms with E-state index >= 15 is 0 Å². The molecule has 5 nitrogen and oxygen atoms in total. The molecule has 2 aromatic rings. The molecule has 1 N–H and O–H groups in total. The molecule has 0 saturated heterocycles. The molecular formula is C18H22N2O3. The summed E-state index contributed by atoms with van der Waals surface area (Å²) < 4.78 is 10.4. The minimum Gasteiger partial charge on any atom is -0.491 e. The van der Waals surface area contributed by atoms with E-state index in [0.29, 0.717) is 18.8 Å². The number of amides is 1. The number of carbonyl (C=O) groups excluding carboxylic acids is 1. The Labute approximate surface area is 136 Å². The van der Waals surface area contributed by atoms with Gasteiger partial charge < -0.3 is 19.7 Å². The number of rotatable bonds is 7. The summed E-state index contributed by atoms with van der Waals surface area (Å²) in [5.41, 5.74) is 2.40. The molecule has 122 valence electrons. The van der Waals surface area contributed by atoms with Gasteiger partial charge in [0.25, 0.3) is 5.91 Å². The van der Waals surface area contributed by atoms with Gasteiger partial charge in [0.2, 0.25) is 0 Å². The average Bonchev–Trinajstić information content (AvgIpc) is 2.56. The van der Waals surface area contributed by atoms with Crippen LogP contribution in [0.3, 0.4) is 0 Å². The van der Waals surface area contributed by atoms with Crippen molar-refractivity contribution in [2.45, 2.75) is 0 Å². The van der Waals surface area contributed by atoms with Crippen LogP contribution in [0.5, 0.6) is 5.75 Å². The van der Waals surface area contributed by atoms with E-state index in [9.17, 15) is 4.79 Å². The lowest BCUT2D eigenvalue weighted by atomic mass is 10.2. The first-order chi connectivity index (χ1) is 11.1. The second-order valence-electron chi connectivity index (χ2n) is 5.26. The van der Waals surface area contributed by atoms with Gasteiger partial charge in [-0.05, 0) is 48.5 Å². The van der Waals surface area contributed by atoms with E-state index in [1.165, 1.54) is 0 Å². The minimum atomic E-state index is -0.136. The zero-order chi connectivity index (χ0) is 16.7. The zero-order valence-corrected chi connectivity index (χ0v) is 13.7. The van der Waals surface area contributed by atoms with Gasteiger partial charge in [-0.1, -0.05) is 0 Å². The lowest BCUT2D eigenvalue weighted by molar-refractivity contribution is 0.102. The Morgan fingerprint density at radius 2 is 1.65 bits per heavy atom. The van der Waals surface area contributed by atoms with Gasteiger partial charge in [0.1, 0.15) is 12.4 Å². The first-order valence-corrected chi connectivity index (χ1v) is 7.40. The maximum Gasteiger partial charge on any atom is 0.255 e. The molecule has 2 rings (SSSR count). The number of hydrogen-bond acceptors (Lipinski definition) is 4. The van der Waals surface area contributed by atoms with Gasteiger partial charge >= 0.3 is 0 Å². The highest BCUT2D eigenvalue weighted by Crippen LogP contribution is 2.17. The van der Waals surface area contributed by atoms with Gasteiger partial charge in [-0.25, -0.2) is 0 Å². The Balaban J connectivity index is 1.94. The van der Waals surface area contributed by atoms with Crippen molar-refractivity contribution in [1.29, 1.82) is 0 Å². The van der Waals surface area contributed by atoms with Crippen molar-refractivity contribution in [3.63, 3.8) is 0 Å². The molecule has 0 aromatic heterocycles. The molecule has 0 bridgehead atoms. The van der Waals surface area contributed by atoms with Crippen LogP contribution in [-0.4, -0.2) is 40.3 Å². The van der Waals surface area contributed by atoms with Crippen molar-refractivity contribution < 1.29 is 14.3 Å². The summed E-state index contributed by atoms with van der Waals surface area (Å²) in [6.45, 7) is 1.04. The summed E-state index contributed by atoms with van der Waals surface area (Å²) >= 11 is 0. The van der Waals surface area contributed by atoms with Gasteiger partial charge in [-0.15, -0.1) is 0 Å². The fraction of sp³-hybridized carbons (Fsp3) is 0.278. The van der Waals surface area contributed by atoms with Crippen LogP contribution in [0.25, 0.3) is 0 Å². The number of ether oxygens (including phenoxy) is 2. The summed E-state index contributed by atoms with van der Waals surface area (Å²) in [5.74, 6) is 0.610. The van der Waals surface area contributed by atoms with Gasteiger partial charge in [0.05, 0.1) is 6.61 Å². The fourth-order valence-electron chi connectivity index (χ4n) is 1.99. The van der Waals surface area contributed by atoms with Gasteiger partial charge in [-0.3, -0.25) is 4.79 Å². The summed E-state index contributed by atoms with van der Waals surface area (Å²) in [4.78, 5) is 14.2. The zero-order valence-electron chi connectivity index (χ0n) is 13.7. The molecule has 23 heavy (non-hydrogen) atoms. The van der Waals surface area contributed by atoms with Crippen molar-refractivity contribution in [2.24, 2.45) is 0 Å². The molecule has 0 aliphatic rings. The second kappa shape index (κ2) is 8.19. The molecule has 0 radical (unpaired) electrons. The van der Waals surface area contributed by atoms with Crippen molar-refractivity contribution in [2.75, 3.05) is 44.6 Å². The predicted molar refractivity (Wildman–Crippen MR) is 92.5 cm³/mol. The largest absolute Gasteiger partial charge is 0.491 e. The van der Waals surface area contributed by atoms with E-state index in [1.807, 2.05) is 67.5 Å². The quantitative estimate of drug-likeness (QED) is 0.798. The predicted octanol–water partition coefficient (Wildman–Crippen LogP) is 3.03. The monoisotopic (exact) mass is 314 g/mol. The lowest BCUT2D eigenvalue weighted by Gasteiger charge is -2.12. The maximum absolute atomic E-state index is 12.2. The van der Waals surface area contributed by atoms with Crippen LogP contribution in [0.1, 0.15) is 10.4 Å². The van der Waals surface area contributed by atoms with E-state index in [1.54, 1.807) is 7.11 Å². The highest BCUT2D eigenvalue weighted by Gasteiger charge is 2.06. The summed E-state index contributed by atoms with van der Waals surface area (Å²) in [7, 11) is 5.56. The highest BCUT2D eigenvalue weighted by atomic mass is 16.5. The Kier molecular flexibility index (Phi) is 6.00. The summed E-state index contributed by atoms with van der Waals surface area (Å²) in [5, 5.41) is 2.87. The molecule has 0 fully saturated rings. The van der Waals surface area contributed by atoms with E-state index in [4.69, 9.17) is 9.47 Å². The van der Waals surface area contributed by atoms with E-state index in [2.05, 4.69) is 5.32 Å². The molecule has 0 saturated carbocycles. The van der Waals surface area contributed by atoms with Crippen LogP contribution in [0.4, 0.5) is 11.4 Å². The third-order valence-electron chi connectivity index (χ3n) is 3.31. The van der Waals surface area contributed by atoms with E-state index in [-0.39, 0.29) is 5.91 Å².